The molecule has 3 rings (SSSR count). The molecule has 2 N–H and O–H groups in total. The molecule has 0 saturated heterocycles. The third kappa shape index (κ3) is 6.10. The highest BCUT2D eigenvalue weighted by molar-refractivity contribution is 7.90. The van der Waals surface area contributed by atoms with Gasteiger partial charge in [0.2, 0.25) is 20.0 Å². The van der Waals surface area contributed by atoms with E-state index in [0.29, 0.717) is 25.7 Å². The molecule has 33 heavy (non-hydrogen) atoms. The van der Waals surface area contributed by atoms with E-state index in [0.717, 1.165) is 55.0 Å². The van der Waals surface area contributed by atoms with Crippen LogP contribution in [0.2, 0.25) is 0 Å². The van der Waals surface area contributed by atoms with E-state index in [2.05, 4.69) is 9.44 Å². The maximum Gasteiger partial charge on any atom is 0.269 e. The number of nitro benzene ring substituents is 2. The van der Waals surface area contributed by atoms with E-state index in [4.69, 9.17) is 0 Å². The molecule has 0 amide bonds. The first-order valence-electron chi connectivity index (χ1n) is 10.0. The number of non-ortho nitro benzene ring substituents is 2. The van der Waals surface area contributed by atoms with Gasteiger partial charge in [-0.3, -0.25) is 20.2 Å². The van der Waals surface area contributed by atoms with Crippen LogP contribution in [-0.2, 0) is 20.0 Å². The van der Waals surface area contributed by atoms with Crippen LogP contribution in [0.5, 0.6) is 0 Å². The van der Waals surface area contributed by atoms with Gasteiger partial charge in [-0.2, -0.15) is 0 Å². The molecule has 1 aliphatic carbocycles. The van der Waals surface area contributed by atoms with Crippen molar-refractivity contribution in [2.75, 3.05) is 0 Å². The number of nitro groups is 2. The summed E-state index contributed by atoms with van der Waals surface area (Å²) in [5, 5.41) is 21.6. The summed E-state index contributed by atoms with van der Waals surface area (Å²) in [4.78, 5) is 20.0. The van der Waals surface area contributed by atoms with Crippen molar-refractivity contribution in [1.82, 2.24) is 9.44 Å². The molecule has 0 radical (unpaired) electrons. The molecule has 178 valence electrons. The summed E-state index contributed by atoms with van der Waals surface area (Å²) in [6.07, 6.45) is 2.94. The van der Waals surface area contributed by atoms with Gasteiger partial charge in [-0.15, -0.1) is 0 Å². The van der Waals surface area contributed by atoms with Gasteiger partial charge >= 0.3 is 0 Å². The van der Waals surface area contributed by atoms with E-state index >= 15 is 0 Å². The standard InChI is InChI=1S/C19H22N4O8S2/c24-22(25)14-6-10-16(11-7-14)32(28,29)20-18-4-2-1-3-5-19(18)21-33(30,31)17-12-8-15(9-13-17)23(26)27/h6-13,18-21H,1-5H2/t18-,19-/m1/s1. The monoisotopic (exact) mass is 498 g/mol. The Hall–Kier alpha value is -2.94. The van der Waals surface area contributed by atoms with Crippen LogP contribution in [0.1, 0.15) is 32.1 Å². The fourth-order valence-electron chi connectivity index (χ4n) is 3.62. The number of rotatable bonds is 8. The van der Waals surface area contributed by atoms with Crippen LogP contribution in [0, 0.1) is 20.2 Å². The Bertz CT molecular complexity index is 1130. The van der Waals surface area contributed by atoms with Gasteiger partial charge < -0.3 is 0 Å². The number of hydrogen-bond donors (Lipinski definition) is 2. The first kappa shape index (κ1) is 24.7. The van der Waals surface area contributed by atoms with Crippen LogP contribution in [0.4, 0.5) is 11.4 Å². The zero-order chi connectivity index (χ0) is 24.2. The van der Waals surface area contributed by atoms with E-state index < -0.39 is 42.0 Å². The second-order valence-corrected chi connectivity index (χ2v) is 11.0. The molecule has 2 atom stereocenters. The van der Waals surface area contributed by atoms with Gasteiger partial charge in [0, 0.05) is 36.3 Å². The van der Waals surface area contributed by atoms with E-state index in [9.17, 15) is 37.1 Å². The van der Waals surface area contributed by atoms with Gasteiger partial charge in [-0.1, -0.05) is 19.3 Å². The number of nitrogens with one attached hydrogen (secondary N) is 2. The Morgan fingerprint density at radius 2 is 0.970 bits per heavy atom. The van der Waals surface area contributed by atoms with E-state index in [-0.39, 0.29) is 21.2 Å². The molecule has 0 unspecified atom stereocenters. The molecule has 12 nitrogen and oxygen atoms in total. The van der Waals surface area contributed by atoms with E-state index in [1.165, 1.54) is 0 Å². The molecule has 0 bridgehead atoms. The van der Waals surface area contributed by atoms with Crippen molar-refractivity contribution < 1.29 is 26.7 Å². The van der Waals surface area contributed by atoms with Gasteiger partial charge in [-0.25, -0.2) is 26.3 Å². The summed E-state index contributed by atoms with van der Waals surface area (Å²) in [5.74, 6) is 0. The maximum atomic E-state index is 12.9. The summed E-state index contributed by atoms with van der Waals surface area (Å²) < 4.78 is 56.5. The van der Waals surface area contributed by atoms with Gasteiger partial charge in [0.05, 0.1) is 19.6 Å². The Kier molecular flexibility index (Phi) is 7.41. The highest BCUT2D eigenvalue weighted by Gasteiger charge is 2.32. The van der Waals surface area contributed by atoms with Crippen LogP contribution in [-0.4, -0.2) is 38.8 Å². The summed E-state index contributed by atoms with van der Waals surface area (Å²) in [7, 11) is -8.14. The normalized spacial score (nSPS) is 19.5. The molecule has 0 spiro atoms. The van der Waals surface area contributed by atoms with Gasteiger partial charge in [0.15, 0.2) is 0 Å². The lowest BCUT2D eigenvalue weighted by Gasteiger charge is -2.27. The van der Waals surface area contributed by atoms with Crippen molar-refractivity contribution in [2.45, 2.75) is 54.0 Å². The second kappa shape index (κ2) is 9.91. The predicted octanol–water partition coefficient (Wildman–Crippen LogP) is 2.46. The van der Waals surface area contributed by atoms with Crippen LogP contribution < -0.4 is 9.44 Å². The van der Waals surface area contributed by atoms with Crippen molar-refractivity contribution in [3.8, 4) is 0 Å². The largest absolute Gasteiger partial charge is 0.269 e. The Balaban J connectivity index is 1.81. The zero-order valence-electron chi connectivity index (χ0n) is 17.3. The number of benzene rings is 2. The lowest BCUT2D eigenvalue weighted by atomic mass is 10.1. The van der Waals surface area contributed by atoms with Crippen molar-refractivity contribution in [3.05, 3.63) is 68.8 Å². The molecule has 0 heterocycles. The number of nitrogens with zero attached hydrogens (tertiary/aromatic N) is 2. The summed E-state index contributed by atoms with van der Waals surface area (Å²) >= 11 is 0. The Morgan fingerprint density at radius 3 is 1.27 bits per heavy atom. The maximum absolute atomic E-state index is 12.9. The minimum Gasteiger partial charge on any atom is -0.258 e. The molecule has 2 aromatic rings. The first-order chi connectivity index (χ1) is 15.5. The summed E-state index contributed by atoms with van der Waals surface area (Å²) in [5.41, 5.74) is -0.505. The van der Waals surface area contributed by atoms with E-state index in [1.807, 2.05) is 0 Å². The third-order valence-corrected chi connectivity index (χ3v) is 8.36. The molecule has 1 fully saturated rings. The van der Waals surface area contributed by atoms with Crippen LogP contribution in [0.3, 0.4) is 0 Å². The lowest BCUT2D eigenvalue weighted by Crippen LogP contribution is -2.51. The zero-order valence-corrected chi connectivity index (χ0v) is 18.9. The minimum absolute atomic E-state index is 0.172. The number of hydrogen-bond acceptors (Lipinski definition) is 8. The van der Waals surface area contributed by atoms with Crippen molar-refractivity contribution in [1.29, 1.82) is 0 Å². The highest BCUT2D eigenvalue weighted by Crippen LogP contribution is 2.24. The lowest BCUT2D eigenvalue weighted by molar-refractivity contribution is -0.385. The summed E-state index contributed by atoms with van der Waals surface area (Å²) in [6, 6.07) is 7.29. The van der Waals surface area contributed by atoms with Crippen molar-refractivity contribution in [3.63, 3.8) is 0 Å². The topological polar surface area (TPSA) is 179 Å². The fourth-order valence-corrected chi connectivity index (χ4v) is 6.24. The van der Waals surface area contributed by atoms with Crippen LogP contribution >= 0.6 is 0 Å². The van der Waals surface area contributed by atoms with Gasteiger partial charge in [0.1, 0.15) is 0 Å². The van der Waals surface area contributed by atoms with Crippen molar-refractivity contribution in [2.24, 2.45) is 0 Å². The van der Waals surface area contributed by atoms with Crippen LogP contribution in [0.25, 0.3) is 0 Å². The predicted molar refractivity (Wildman–Crippen MR) is 117 cm³/mol. The van der Waals surface area contributed by atoms with Gasteiger partial charge in [0.25, 0.3) is 11.4 Å². The molecular weight excluding hydrogens is 476 g/mol. The molecular formula is C19H22N4O8S2. The highest BCUT2D eigenvalue weighted by atomic mass is 32.2. The molecule has 2 aromatic carbocycles. The first-order valence-corrected chi connectivity index (χ1v) is 13.0. The van der Waals surface area contributed by atoms with E-state index in [1.54, 1.807) is 0 Å². The molecule has 0 aliphatic heterocycles. The average molecular weight is 499 g/mol. The molecule has 1 saturated carbocycles. The molecule has 0 aromatic heterocycles. The molecule has 14 heteroatoms. The number of sulfonamides is 2. The third-order valence-electron chi connectivity index (χ3n) is 5.34. The SMILES string of the molecule is O=[N+]([O-])c1ccc(S(=O)(=O)N[C@@H]2CCCCC[C@H]2NS(=O)(=O)c2ccc([N+](=O)[O-])cc2)cc1. The smallest absolute Gasteiger partial charge is 0.258 e. The van der Waals surface area contributed by atoms with Crippen molar-refractivity contribution >= 4 is 31.4 Å². The Labute approximate surface area is 190 Å². The van der Waals surface area contributed by atoms with Gasteiger partial charge in [-0.05, 0) is 37.1 Å². The Morgan fingerprint density at radius 1 is 0.636 bits per heavy atom. The minimum atomic E-state index is -4.07. The second-order valence-electron chi connectivity index (χ2n) is 7.60. The summed E-state index contributed by atoms with van der Waals surface area (Å²) in [6.45, 7) is 0. The fraction of sp³-hybridized carbons (Fsp3) is 0.368. The molecule has 1 aliphatic rings. The average Bonchev–Trinajstić information content (AvgIpc) is 2.98. The van der Waals surface area contributed by atoms with Crippen LogP contribution in [0.15, 0.2) is 58.3 Å². The quantitative estimate of drug-likeness (QED) is 0.316.